The maximum absolute atomic E-state index is 13.8. The maximum Gasteiger partial charge on any atom is 0.289 e. The molecule has 134 valence electrons. The van der Waals surface area contributed by atoms with E-state index in [0.29, 0.717) is 38.6 Å². The van der Waals surface area contributed by atoms with Gasteiger partial charge in [0.2, 0.25) is 0 Å². The van der Waals surface area contributed by atoms with Crippen molar-refractivity contribution in [1.29, 1.82) is 0 Å². The van der Waals surface area contributed by atoms with E-state index in [2.05, 4.69) is 9.97 Å². The van der Waals surface area contributed by atoms with Crippen molar-refractivity contribution < 1.29 is 18.4 Å². The highest BCUT2D eigenvalue weighted by atomic mass is 19.1. The third kappa shape index (κ3) is 1.97. The summed E-state index contributed by atoms with van der Waals surface area (Å²) in [4.78, 5) is 17.7. The lowest BCUT2D eigenvalue weighted by atomic mass is 10.0. The molecule has 27 heavy (non-hydrogen) atoms. The number of aromatic amines is 2. The molecule has 0 atom stereocenters. The molecule has 6 nitrogen and oxygen atoms in total. The molecule has 0 aliphatic carbocycles. The van der Waals surface area contributed by atoms with Gasteiger partial charge in [-0.3, -0.25) is 10.1 Å². The molecule has 2 N–H and O–H groups in total. The summed E-state index contributed by atoms with van der Waals surface area (Å²) in [5.41, 5.74) is 1.61. The average Bonchev–Trinajstić information content (AvgIpc) is 3.17. The third-order valence-corrected chi connectivity index (χ3v) is 4.84. The Morgan fingerprint density at radius 1 is 0.926 bits per heavy atom. The second kappa shape index (κ2) is 5.16. The molecule has 0 spiro atoms. The van der Waals surface area contributed by atoms with Crippen LogP contribution in [0.1, 0.15) is 0 Å². The highest BCUT2D eigenvalue weighted by Gasteiger charge is 2.29. The second-order valence-corrected chi connectivity index (χ2v) is 6.27. The van der Waals surface area contributed by atoms with E-state index < -0.39 is 16.6 Å². The van der Waals surface area contributed by atoms with Crippen LogP contribution < -0.4 is 4.74 Å². The molecule has 0 unspecified atom stereocenters. The Labute approximate surface area is 149 Å². The number of non-ortho nitro benzene ring substituents is 1. The van der Waals surface area contributed by atoms with Gasteiger partial charge in [0.15, 0.2) is 5.75 Å². The van der Waals surface area contributed by atoms with E-state index >= 15 is 0 Å². The molecule has 0 aliphatic rings. The Morgan fingerprint density at radius 3 is 1.81 bits per heavy atom. The van der Waals surface area contributed by atoms with Gasteiger partial charge in [0, 0.05) is 21.8 Å². The van der Waals surface area contributed by atoms with Crippen molar-refractivity contribution in [3.63, 3.8) is 0 Å². The zero-order valence-corrected chi connectivity index (χ0v) is 13.9. The molecular weight excluding hydrogens is 356 g/mol. The van der Waals surface area contributed by atoms with Gasteiger partial charge in [-0.05, 0) is 36.4 Å². The fourth-order valence-electron chi connectivity index (χ4n) is 3.80. The van der Waals surface area contributed by atoms with E-state index in [1.165, 1.54) is 43.5 Å². The quantitative estimate of drug-likeness (QED) is 0.334. The summed E-state index contributed by atoms with van der Waals surface area (Å²) in [5.74, 6) is -0.678. The molecule has 0 amide bonds. The van der Waals surface area contributed by atoms with Crippen LogP contribution in [0, 0.1) is 21.7 Å². The topological polar surface area (TPSA) is 83.9 Å². The van der Waals surface area contributed by atoms with Crippen LogP contribution in [0.15, 0.2) is 36.4 Å². The first kappa shape index (κ1) is 15.6. The number of nitrogens with zero attached hydrogens (tertiary/aromatic N) is 1. The number of ether oxygens (including phenoxy) is 1. The monoisotopic (exact) mass is 367 g/mol. The Bertz CT molecular complexity index is 1320. The Morgan fingerprint density at radius 2 is 1.41 bits per heavy atom. The molecule has 3 aromatic carbocycles. The highest BCUT2D eigenvalue weighted by molar-refractivity contribution is 6.27. The van der Waals surface area contributed by atoms with Crippen LogP contribution >= 0.6 is 0 Å². The van der Waals surface area contributed by atoms with Gasteiger partial charge in [0.05, 0.1) is 33.8 Å². The summed E-state index contributed by atoms with van der Waals surface area (Å²) in [5, 5.41) is 13.2. The number of hydrogen-bond donors (Lipinski definition) is 2. The van der Waals surface area contributed by atoms with Crippen molar-refractivity contribution in [1.82, 2.24) is 9.97 Å². The minimum absolute atomic E-state index is 0.226. The number of hydrogen-bond acceptors (Lipinski definition) is 3. The van der Waals surface area contributed by atoms with Crippen molar-refractivity contribution in [2.24, 2.45) is 0 Å². The van der Waals surface area contributed by atoms with Crippen molar-refractivity contribution in [3.05, 3.63) is 58.1 Å². The van der Waals surface area contributed by atoms with Crippen molar-refractivity contribution in [2.45, 2.75) is 0 Å². The standard InChI is InChI=1S/C19H11F2N3O3/c1-27-19-16-14(10-6-8(20)2-4-12(10)22-16)18(24(25)26)15-11-7-9(21)3-5-13(11)23-17(15)19/h2-7,22-23H,1H3. The number of nitrogens with one attached hydrogen (secondary N) is 2. The molecular formula is C19H11F2N3O3. The summed E-state index contributed by atoms with van der Waals surface area (Å²) in [6, 6.07) is 8.04. The second-order valence-electron chi connectivity index (χ2n) is 6.27. The minimum atomic E-state index is -0.527. The van der Waals surface area contributed by atoms with Crippen LogP contribution in [0.25, 0.3) is 43.6 Å². The zero-order valence-electron chi connectivity index (χ0n) is 13.9. The molecule has 0 bridgehead atoms. The molecule has 5 rings (SSSR count). The van der Waals surface area contributed by atoms with Crippen molar-refractivity contribution >= 4 is 49.3 Å². The van der Waals surface area contributed by atoms with Gasteiger partial charge in [-0.2, -0.15) is 0 Å². The highest BCUT2D eigenvalue weighted by Crippen LogP contribution is 2.47. The number of benzene rings is 3. The first-order valence-corrected chi connectivity index (χ1v) is 8.06. The molecule has 0 radical (unpaired) electrons. The average molecular weight is 367 g/mol. The minimum Gasteiger partial charge on any atom is -0.492 e. The number of rotatable bonds is 2. The number of halogens is 2. The molecule has 0 saturated carbocycles. The number of nitro groups is 1. The van der Waals surface area contributed by atoms with Gasteiger partial charge in [0.25, 0.3) is 5.69 Å². The summed E-state index contributed by atoms with van der Waals surface area (Å²) in [6.45, 7) is 0. The van der Waals surface area contributed by atoms with Gasteiger partial charge < -0.3 is 14.7 Å². The zero-order chi connectivity index (χ0) is 18.9. The fraction of sp³-hybridized carbons (Fsp3) is 0.0526. The Kier molecular flexibility index (Phi) is 2.98. The van der Waals surface area contributed by atoms with Gasteiger partial charge in [-0.15, -0.1) is 0 Å². The molecule has 0 aliphatic heterocycles. The number of methoxy groups -OCH3 is 1. The summed E-state index contributed by atoms with van der Waals surface area (Å²) < 4.78 is 33.2. The van der Waals surface area contributed by atoms with Crippen molar-refractivity contribution in [2.75, 3.05) is 7.11 Å². The van der Waals surface area contributed by atoms with Gasteiger partial charge >= 0.3 is 0 Å². The summed E-state index contributed by atoms with van der Waals surface area (Å²) >= 11 is 0. The molecule has 8 heteroatoms. The van der Waals surface area contributed by atoms with Gasteiger partial charge in [0.1, 0.15) is 11.6 Å². The van der Waals surface area contributed by atoms with Crippen LogP contribution in [0.3, 0.4) is 0 Å². The lowest BCUT2D eigenvalue weighted by Gasteiger charge is -2.06. The molecule has 0 saturated heterocycles. The smallest absolute Gasteiger partial charge is 0.289 e. The molecule has 2 heterocycles. The summed E-state index contributed by atoms with van der Waals surface area (Å²) in [6.07, 6.45) is 0. The van der Waals surface area contributed by atoms with Crippen LogP contribution in [-0.2, 0) is 0 Å². The Hall–Kier alpha value is -3.68. The first-order chi connectivity index (χ1) is 13.0. The van der Waals surface area contributed by atoms with E-state index in [9.17, 15) is 18.9 Å². The van der Waals surface area contributed by atoms with Crippen molar-refractivity contribution in [3.8, 4) is 5.75 Å². The van der Waals surface area contributed by atoms with Crippen LogP contribution in [-0.4, -0.2) is 22.0 Å². The lowest BCUT2D eigenvalue weighted by Crippen LogP contribution is -1.94. The normalized spacial score (nSPS) is 11.8. The fourth-order valence-corrected chi connectivity index (χ4v) is 3.80. The lowest BCUT2D eigenvalue weighted by molar-refractivity contribution is -0.381. The molecule has 5 aromatic rings. The first-order valence-electron chi connectivity index (χ1n) is 8.06. The van der Waals surface area contributed by atoms with Gasteiger partial charge in [-0.1, -0.05) is 0 Å². The van der Waals surface area contributed by atoms with Crippen LogP contribution in [0.4, 0.5) is 14.5 Å². The van der Waals surface area contributed by atoms with E-state index in [1.807, 2.05) is 0 Å². The third-order valence-electron chi connectivity index (χ3n) is 4.84. The molecule has 0 fully saturated rings. The van der Waals surface area contributed by atoms with E-state index in [4.69, 9.17) is 4.74 Å². The predicted molar refractivity (Wildman–Crippen MR) is 98.3 cm³/mol. The predicted octanol–water partition coefficient (Wildman–Crippen LogP) is 5.15. The largest absolute Gasteiger partial charge is 0.492 e. The maximum atomic E-state index is 13.8. The number of nitro benzene ring substituents is 1. The number of aromatic nitrogens is 2. The van der Waals surface area contributed by atoms with E-state index in [-0.39, 0.29) is 16.5 Å². The van der Waals surface area contributed by atoms with E-state index in [0.717, 1.165) is 0 Å². The number of H-pyrrole nitrogens is 2. The Balaban J connectivity index is 2.17. The molecule has 2 aromatic heterocycles. The van der Waals surface area contributed by atoms with E-state index in [1.54, 1.807) is 0 Å². The SMILES string of the molecule is COc1c2[nH]c3ccc(F)cc3c2c([N+](=O)[O-])c2c1[nH]c1ccc(F)cc12. The number of fused-ring (bicyclic) bond motifs is 6. The summed E-state index contributed by atoms with van der Waals surface area (Å²) in [7, 11) is 1.44. The van der Waals surface area contributed by atoms with Crippen LogP contribution in [0.5, 0.6) is 5.75 Å². The van der Waals surface area contributed by atoms with Crippen LogP contribution in [0.2, 0.25) is 0 Å². The van der Waals surface area contributed by atoms with Gasteiger partial charge in [-0.25, -0.2) is 8.78 Å².